The van der Waals surface area contributed by atoms with E-state index in [4.69, 9.17) is 0 Å². The van der Waals surface area contributed by atoms with Crippen molar-refractivity contribution in [3.8, 4) is 0 Å². The Labute approximate surface area is 156 Å². The first-order valence-corrected chi connectivity index (χ1v) is 9.00. The lowest BCUT2D eigenvalue weighted by molar-refractivity contribution is 0.249. The van der Waals surface area contributed by atoms with Crippen LogP contribution in [0.1, 0.15) is 35.8 Å². The lowest BCUT2D eigenvalue weighted by Gasteiger charge is -2.19. The Morgan fingerprint density at radius 2 is 2.07 bits per heavy atom. The fraction of sp³-hybridized carbons (Fsp3) is 0.250. The first kappa shape index (κ1) is 17.2. The zero-order chi connectivity index (χ0) is 18.6. The lowest BCUT2D eigenvalue weighted by atomic mass is 10.0. The van der Waals surface area contributed by atoms with Crippen molar-refractivity contribution in [1.29, 1.82) is 0 Å². The second kappa shape index (κ2) is 7.57. The van der Waals surface area contributed by atoms with E-state index in [2.05, 4.69) is 20.7 Å². The summed E-state index contributed by atoms with van der Waals surface area (Å²) in [5, 5.41) is 10.1. The van der Waals surface area contributed by atoms with E-state index >= 15 is 0 Å². The minimum Gasteiger partial charge on any atom is -0.325 e. The number of aryl methyl sites for hydroxylation is 2. The molecular formula is C20H20FN5O. The van der Waals surface area contributed by atoms with E-state index in [0.29, 0.717) is 17.1 Å². The molecule has 7 heteroatoms. The number of fused-ring (bicyclic) bond motifs is 1. The molecule has 3 aromatic rings. The molecular weight excluding hydrogens is 345 g/mol. The van der Waals surface area contributed by atoms with Gasteiger partial charge >= 0.3 is 6.03 Å². The molecule has 4 rings (SSSR count). The van der Waals surface area contributed by atoms with Crippen LogP contribution in [0.3, 0.4) is 0 Å². The Balaban J connectivity index is 1.54. The molecule has 3 heterocycles. The number of carbonyl (C=O) groups is 1. The van der Waals surface area contributed by atoms with Crippen LogP contribution in [0, 0.1) is 5.82 Å². The van der Waals surface area contributed by atoms with Gasteiger partial charge < -0.3 is 5.32 Å². The maximum atomic E-state index is 13.7. The summed E-state index contributed by atoms with van der Waals surface area (Å²) in [5.41, 5.74) is 2.37. The highest BCUT2D eigenvalue weighted by Crippen LogP contribution is 2.22. The molecule has 138 valence electrons. The largest absolute Gasteiger partial charge is 0.325 e. The van der Waals surface area contributed by atoms with Crippen molar-refractivity contribution in [2.75, 3.05) is 5.32 Å². The number of hydrogen-bond donors (Lipinski definition) is 2. The summed E-state index contributed by atoms with van der Waals surface area (Å²) >= 11 is 0. The second-order valence-corrected chi connectivity index (χ2v) is 6.54. The molecule has 2 N–H and O–H groups in total. The van der Waals surface area contributed by atoms with Gasteiger partial charge in [0.2, 0.25) is 0 Å². The molecule has 1 aliphatic heterocycles. The van der Waals surface area contributed by atoms with Gasteiger partial charge in [-0.25, -0.2) is 9.18 Å². The molecule has 0 fully saturated rings. The predicted octanol–water partition coefficient (Wildman–Crippen LogP) is 3.66. The van der Waals surface area contributed by atoms with Crippen LogP contribution in [-0.2, 0) is 13.0 Å². The van der Waals surface area contributed by atoms with Gasteiger partial charge in [-0.05, 0) is 49.1 Å². The monoisotopic (exact) mass is 365 g/mol. The van der Waals surface area contributed by atoms with Crippen LogP contribution >= 0.6 is 0 Å². The summed E-state index contributed by atoms with van der Waals surface area (Å²) in [6.07, 6.45) is 4.85. The molecule has 1 atom stereocenters. The average Bonchev–Trinajstić information content (AvgIpc) is 3.09. The Morgan fingerprint density at radius 3 is 2.85 bits per heavy atom. The number of anilines is 1. The summed E-state index contributed by atoms with van der Waals surface area (Å²) in [7, 11) is 0. The number of rotatable bonds is 4. The fourth-order valence-electron chi connectivity index (χ4n) is 3.32. The SMILES string of the molecule is O=C(Nc1cc2n(n1)CCCC2)NC(c1cccc(F)c1)c1ccccn1. The third-order valence-electron chi connectivity index (χ3n) is 4.60. The van der Waals surface area contributed by atoms with E-state index in [-0.39, 0.29) is 5.82 Å². The van der Waals surface area contributed by atoms with E-state index in [9.17, 15) is 9.18 Å². The molecule has 0 bridgehead atoms. The number of amides is 2. The van der Waals surface area contributed by atoms with E-state index in [0.717, 1.165) is 31.5 Å². The summed E-state index contributed by atoms with van der Waals surface area (Å²) in [4.78, 5) is 16.9. The van der Waals surface area contributed by atoms with E-state index < -0.39 is 12.1 Å². The maximum absolute atomic E-state index is 13.7. The molecule has 27 heavy (non-hydrogen) atoms. The van der Waals surface area contributed by atoms with Crippen molar-refractivity contribution >= 4 is 11.8 Å². The number of aromatic nitrogens is 3. The van der Waals surface area contributed by atoms with Crippen molar-refractivity contribution in [3.63, 3.8) is 0 Å². The van der Waals surface area contributed by atoms with E-state index in [1.807, 2.05) is 16.8 Å². The van der Waals surface area contributed by atoms with E-state index in [1.54, 1.807) is 30.5 Å². The topological polar surface area (TPSA) is 71.8 Å². The number of carbonyl (C=O) groups excluding carboxylic acids is 1. The molecule has 1 unspecified atom stereocenters. The molecule has 0 spiro atoms. The Bertz CT molecular complexity index is 917. The molecule has 2 amide bonds. The van der Waals surface area contributed by atoms with Crippen LogP contribution in [-0.4, -0.2) is 20.8 Å². The number of hydrogen-bond acceptors (Lipinski definition) is 3. The Kier molecular flexibility index (Phi) is 4.82. The molecule has 1 aromatic carbocycles. The Hall–Kier alpha value is -3.22. The standard InChI is InChI=1S/C20H20FN5O/c21-15-7-5-6-14(12-15)19(17-9-1-3-10-22-17)24-20(27)23-18-13-16-8-2-4-11-26(16)25-18/h1,3,5-7,9-10,12-13,19H,2,4,8,11H2,(H2,23,24,25,27). The molecule has 1 aliphatic rings. The third kappa shape index (κ3) is 3.97. The zero-order valence-electron chi connectivity index (χ0n) is 14.7. The molecule has 0 radical (unpaired) electrons. The zero-order valence-corrected chi connectivity index (χ0v) is 14.7. The highest BCUT2D eigenvalue weighted by molar-refractivity contribution is 5.88. The van der Waals surface area contributed by atoms with Crippen LogP contribution < -0.4 is 10.6 Å². The van der Waals surface area contributed by atoms with Gasteiger partial charge in [-0.3, -0.25) is 15.0 Å². The van der Waals surface area contributed by atoms with Crippen LogP contribution in [0.5, 0.6) is 0 Å². The van der Waals surface area contributed by atoms with Crippen LogP contribution in [0.4, 0.5) is 15.0 Å². The van der Waals surface area contributed by atoms with Crippen molar-refractivity contribution in [3.05, 3.63) is 77.5 Å². The third-order valence-corrected chi connectivity index (χ3v) is 4.60. The number of urea groups is 1. The predicted molar refractivity (Wildman–Crippen MR) is 99.8 cm³/mol. The minimum atomic E-state index is -0.570. The Morgan fingerprint density at radius 1 is 1.15 bits per heavy atom. The second-order valence-electron chi connectivity index (χ2n) is 6.54. The maximum Gasteiger partial charge on any atom is 0.321 e. The smallest absolute Gasteiger partial charge is 0.321 e. The minimum absolute atomic E-state index is 0.364. The van der Waals surface area contributed by atoms with Gasteiger partial charge in [0.15, 0.2) is 5.82 Å². The molecule has 0 saturated heterocycles. The van der Waals surface area contributed by atoms with Gasteiger partial charge in [0, 0.05) is 24.5 Å². The van der Waals surface area contributed by atoms with Gasteiger partial charge in [-0.15, -0.1) is 0 Å². The summed E-state index contributed by atoms with van der Waals surface area (Å²) < 4.78 is 15.6. The summed E-state index contributed by atoms with van der Waals surface area (Å²) in [6, 6.07) is 12.5. The molecule has 0 aliphatic carbocycles. The van der Waals surface area contributed by atoms with Crippen LogP contribution in [0.2, 0.25) is 0 Å². The van der Waals surface area contributed by atoms with Crippen molar-refractivity contribution in [2.24, 2.45) is 0 Å². The fourth-order valence-corrected chi connectivity index (χ4v) is 3.32. The van der Waals surface area contributed by atoms with Crippen molar-refractivity contribution in [1.82, 2.24) is 20.1 Å². The van der Waals surface area contributed by atoms with Gasteiger partial charge in [0.1, 0.15) is 5.82 Å². The number of benzene rings is 1. The molecule has 2 aromatic heterocycles. The van der Waals surface area contributed by atoms with Gasteiger partial charge in [0.05, 0.1) is 11.7 Å². The van der Waals surface area contributed by atoms with E-state index in [1.165, 1.54) is 12.1 Å². The number of pyridine rings is 1. The normalized spacial score (nSPS) is 14.3. The number of nitrogens with zero attached hydrogens (tertiary/aromatic N) is 3. The van der Waals surface area contributed by atoms with Gasteiger partial charge in [-0.1, -0.05) is 18.2 Å². The molecule has 6 nitrogen and oxygen atoms in total. The molecule has 0 saturated carbocycles. The number of nitrogens with one attached hydrogen (secondary N) is 2. The summed E-state index contributed by atoms with van der Waals surface area (Å²) in [5.74, 6) is 0.154. The first-order chi connectivity index (χ1) is 13.2. The van der Waals surface area contributed by atoms with Gasteiger partial charge in [-0.2, -0.15) is 5.10 Å². The van der Waals surface area contributed by atoms with Crippen molar-refractivity contribution < 1.29 is 9.18 Å². The lowest BCUT2D eigenvalue weighted by Crippen LogP contribution is -2.33. The number of halogens is 1. The van der Waals surface area contributed by atoms with Gasteiger partial charge in [0.25, 0.3) is 0 Å². The van der Waals surface area contributed by atoms with Crippen LogP contribution in [0.15, 0.2) is 54.7 Å². The first-order valence-electron chi connectivity index (χ1n) is 9.00. The average molecular weight is 365 g/mol. The highest BCUT2D eigenvalue weighted by Gasteiger charge is 2.20. The van der Waals surface area contributed by atoms with Crippen LogP contribution in [0.25, 0.3) is 0 Å². The highest BCUT2D eigenvalue weighted by atomic mass is 19.1. The van der Waals surface area contributed by atoms with Crippen molar-refractivity contribution in [2.45, 2.75) is 31.8 Å². The summed E-state index contributed by atoms with van der Waals surface area (Å²) in [6.45, 7) is 0.873. The quantitative estimate of drug-likeness (QED) is 0.741.